The second-order valence-corrected chi connectivity index (χ2v) is 5.45. The molecule has 0 saturated heterocycles. The van der Waals surface area contributed by atoms with Gasteiger partial charge in [-0.25, -0.2) is 0 Å². The van der Waals surface area contributed by atoms with Gasteiger partial charge in [-0.2, -0.15) is 0 Å². The molecule has 0 radical (unpaired) electrons. The van der Waals surface area contributed by atoms with E-state index in [1.165, 1.54) is 10.9 Å². The maximum absolute atomic E-state index is 5.80. The lowest BCUT2D eigenvalue weighted by Gasteiger charge is -2.21. The van der Waals surface area contributed by atoms with Gasteiger partial charge in [-0.15, -0.1) is 0 Å². The molecule has 0 saturated carbocycles. The molecule has 2 rings (SSSR count). The summed E-state index contributed by atoms with van der Waals surface area (Å²) in [7, 11) is 0. The highest BCUT2D eigenvalue weighted by atomic mass is 16.5. The Morgan fingerprint density at radius 1 is 1.19 bits per heavy atom. The molecule has 2 aromatic rings. The van der Waals surface area contributed by atoms with Gasteiger partial charge in [0.2, 0.25) is 0 Å². The van der Waals surface area contributed by atoms with Gasteiger partial charge in [-0.05, 0) is 44.0 Å². The SMILES string of the molecule is CCCNC(COCCC)c1cc(C)nc2ccccc12. The summed E-state index contributed by atoms with van der Waals surface area (Å²) >= 11 is 0. The van der Waals surface area contributed by atoms with Gasteiger partial charge in [0.1, 0.15) is 0 Å². The van der Waals surface area contributed by atoms with Crippen LogP contribution in [-0.4, -0.2) is 24.7 Å². The number of hydrogen-bond acceptors (Lipinski definition) is 3. The minimum atomic E-state index is 0.225. The van der Waals surface area contributed by atoms with Crippen molar-refractivity contribution in [3.8, 4) is 0 Å². The third kappa shape index (κ3) is 4.26. The van der Waals surface area contributed by atoms with Gasteiger partial charge in [0, 0.05) is 17.7 Å². The number of para-hydroxylation sites is 1. The summed E-state index contributed by atoms with van der Waals surface area (Å²) in [5, 5.41) is 4.83. The zero-order chi connectivity index (χ0) is 15.1. The van der Waals surface area contributed by atoms with Crippen molar-refractivity contribution in [1.29, 1.82) is 0 Å². The van der Waals surface area contributed by atoms with E-state index in [1.807, 2.05) is 6.07 Å². The van der Waals surface area contributed by atoms with Gasteiger partial charge in [0.15, 0.2) is 0 Å². The molecule has 1 N–H and O–H groups in total. The lowest BCUT2D eigenvalue weighted by atomic mass is 10.0. The van der Waals surface area contributed by atoms with Crippen LogP contribution in [0.2, 0.25) is 0 Å². The maximum atomic E-state index is 5.80. The largest absolute Gasteiger partial charge is 0.379 e. The first-order valence-corrected chi connectivity index (χ1v) is 7.93. The van der Waals surface area contributed by atoms with Crippen LogP contribution in [0, 0.1) is 6.92 Å². The summed E-state index contributed by atoms with van der Waals surface area (Å²) in [5.41, 5.74) is 3.41. The minimum absolute atomic E-state index is 0.225. The Hall–Kier alpha value is -1.45. The highest BCUT2D eigenvalue weighted by molar-refractivity contribution is 5.82. The highest BCUT2D eigenvalue weighted by Gasteiger charge is 2.15. The predicted molar refractivity (Wildman–Crippen MR) is 88.6 cm³/mol. The molecule has 1 heterocycles. The van der Waals surface area contributed by atoms with E-state index < -0.39 is 0 Å². The van der Waals surface area contributed by atoms with Gasteiger partial charge in [-0.3, -0.25) is 4.98 Å². The molecular formula is C18H26N2O. The van der Waals surface area contributed by atoms with Crippen molar-refractivity contribution < 1.29 is 4.74 Å². The summed E-state index contributed by atoms with van der Waals surface area (Å²) < 4.78 is 5.80. The third-order valence-electron chi connectivity index (χ3n) is 3.53. The zero-order valence-electron chi connectivity index (χ0n) is 13.4. The Morgan fingerprint density at radius 3 is 2.76 bits per heavy atom. The summed E-state index contributed by atoms with van der Waals surface area (Å²) in [6.07, 6.45) is 2.17. The predicted octanol–water partition coefficient (Wildman–Crippen LogP) is 4.01. The number of fused-ring (bicyclic) bond motifs is 1. The van der Waals surface area contributed by atoms with Crippen molar-refractivity contribution in [3.05, 3.63) is 41.6 Å². The number of hydrogen-bond donors (Lipinski definition) is 1. The van der Waals surface area contributed by atoms with Crippen molar-refractivity contribution >= 4 is 10.9 Å². The van der Waals surface area contributed by atoms with E-state index in [-0.39, 0.29) is 6.04 Å². The van der Waals surface area contributed by atoms with E-state index >= 15 is 0 Å². The Labute approximate surface area is 127 Å². The number of ether oxygens (including phenoxy) is 1. The molecule has 114 valence electrons. The monoisotopic (exact) mass is 286 g/mol. The van der Waals surface area contributed by atoms with Crippen molar-refractivity contribution in [2.45, 2.75) is 39.7 Å². The molecule has 1 unspecified atom stereocenters. The van der Waals surface area contributed by atoms with Crippen LogP contribution in [0.5, 0.6) is 0 Å². The number of rotatable bonds is 8. The Morgan fingerprint density at radius 2 is 2.00 bits per heavy atom. The number of nitrogens with one attached hydrogen (secondary N) is 1. The minimum Gasteiger partial charge on any atom is -0.379 e. The van der Waals surface area contributed by atoms with Crippen molar-refractivity contribution in [2.24, 2.45) is 0 Å². The van der Waals surface area contributed by atoms with E-state index in [1.54, 1.807) is 0 Å². The topological polar surface area (TPSA) is 34.1 Å². The lowest BCUT2D eigenvalue weighted by molar-refractivity contribution is 0.112. The van der Waals surface area contributed by atoms with E-state index in [4.69, 9.17) is 4.74 Å². The molecule has 1 aromatic heterocycles. The standard InChI is InChI=1S/C18H26N2O/c1-4-10-19-18(13-21-11-5-2)16-12-14(3)20-17-9-7-6-8-15(16)17/h6-9,12,18-19H,4-5,10-11,13H2,1-3H3. The van der Waals surface area contributed by atoms with Crippen molar-refractivity contribution in [2.75, 3.05) is 19.8 Å². The first kappa shape index (κ1) is 15.9. The molecule has 0 spiro atoms. The number of pyridine rings is 1. The van der Waals surface area contributed by atoms with E-state index in [2.05, 4.69) is 55.3 Å². The number of aromatic nitrogens is 1. The fraction of sp³-hybridized carbons (Fsp3) is 0.500. The lowest BCUT2D eigenvalue weighted by Crippen LogP contribution is -2.27. The smallest absolute Gasteiger partial charge is 0.0708 e. The van der Waals surface area contributed by atoms with Crippen LogP contribution >= 0.6 is 0 Å². The second-order valence-electron chi connectivity index (χ2n) is 5.45. The Balaban J connectivity index is 2.33. The van der Waals surface area contributed by atoms with E-state index in [9.17, 15) is 0 Å². The quantitative estimate of drug-likeness (QED) is 0.744. The molecular weight excluding hydrogens is 260 g/mol. The third-order valence-corrected chi connectivity index (χ3v) is 3.53. The fourth-order valence-electron chi connectivity index (χ4n) is 2.55. The van der Waals surface area contributed by atoms with Gasteiger partial charge in [0.05, 0.1) is 18.2 Å². The maximum Gasteiger partial charge on any atom is 0.0708 e. The van der Waals surface area contributed by atoms with Gasteiger partial charge >= 0.3 is 0 Å². The van der Waals surface area contributed by atoms with Crippen LogP contribution in [0.1, 0.15) is 44.0 Å². The van der Waals surface area contributed by atoms with Crippen LogP contribution in [-0.2, 0) is 4.74 Å². The summed E-state index contributed by atoms with van der Waals surface area (Å²) in [4.78, 5) is 4.63. The van der Waals surface area contributed by atoms with Crippen molar-refractivity contribution in [3.63, 3.8) is 0 Å². The van der Waals surface area contributed by atoms with E-state index in [0.29, 0.717) is 6.61 Å². The molecule has 3 nitrogen and oxygen atoms in total. The average molecular weight is 286 g/mol. The molecule has 0 bridgehead atoms. The molecule has 21 heavy (non-hydrogen) atoms. The van der Waals surface area contributed by atoms with Crippen LogP contribution in [0.25, 0.3) is 10.9 Å². The van der Waals surface area contributed by atoms with Crippen LogP contribution in [0.3, 0.4) is 0 Å². The molecule has 1 aromatic carbocycles. The zero-order valence-corrected chi connectivity index (χ0v) is 13.4. The normalized spacial score (nSPS) is 12.7. The summed E-state index contributed by atoms with van der Waals surface area (Å²) in [5.74, 6) is 0. The Bertz CT molecular complexity index is 568. The highest BCUT2D eigenvalue weighted by Crippen LogP contribution is 2.24. The summed E-state index contributed by atoms with van der Waals surface area (Å²) in [6.45, 7) is 8.90. The fourth-order valence-corrected chi connectivity index (χ4v) is 2.55. The first-order valence-electron chi connectivity index (χ1n) is 7.93. The van der Waals surface area contributed by atoms with E-state index in [0.717, 1.165) is 37.2 Å². The Kier molecular flexibility index (Phi) is 6.15. The second kappa shape index (κ2) is 8.11. The van der Waals surface area contributed by atoms with Gasteiger partial charge in [0.25, 0.3) is 0 Å². The molecule has 0 aliphatic rings. The molecule has 1 atom stereocenters. The molecule has 0 fully saturated rings. The number of benzene rings is 1. The number of aryl methyl sites for hydroxylation is 1. The van der Waals surface area contributed by atoms with Crippen LogP contribution in [0.15, 0.2) is 30.3 Å². The average Bonchev–Trinajstić information content (AvgIpc) is 2.50. The number of nitrogens with zero attached hydrogens (tertiary/aromatic N) is 1. The molecule has 0 aliphatic heterocycles. The van der Waals surface area contributed by atoms with Gasteiger partial charge in [-0.1, -0.05) is 32.0 Å². The van der Waals surface area contributed by atoms with Gasteiger partial charge < -0.3 is 10.1 Å². The van der Waals surface area contributed by atoms with Crippen LogP contribution < -0.4 is 5.32 Å². The molecule has 3 heteroatoms. The molecule has 0 aliphatic carbocycles. The summed E-state index contributed by atoms with van der Waals surface area (Å²) in [6, 6.07) is 10.8. The first-order chi connectivity index (χ1) is 10.3. The van der Waals surface area contributed by atoms with Crippen LogP contribution in [0.4, 0.5) is 0 Å². The molecule has 0 amide bonds. The van der Waals surface area contributed by atoms with Crippen molar-refractivity contribution in [1.82, 2.24) is 10.3 Å².